The molecule has 4 rings (SSSR count). The molecule has 2 atom stereocenters. The molecule has 2 N–H and O–H groups in total. The van der Waals surface area contributed by atoms with Gasteiger partial charge in [-0.1, -0.05) is 12.1 Å². The van der Waals surface area contributed by atoms with Crippen molar-refractivity contribution in [1.82, 2.24) is 20.5 Å². The van der Waals surface area contributed by atoms with Crippen molar-refractivity contribution in [3.63, 3.8) is 0 Å². The molecule has 30 heavy (non-hydrogen) atoms. The lowest BCUT2D eigenvalue weighted by Gasteiger charge is -2.32. The summed E-state index contributed by atoms with van der Waals surface area (Å²) >= 11 is 0. The summed E-state index contributed by atoms with van der Waals surface area (Å²) < 4.78 is 19.7. The first-order chi connectivity index (χ1) is 13.7. The summed E-state index contributed by atoms with van der Waals surface area (Å²) in [6.45, 7) is 4.12. The second-order valence-corrected chi connectivity index (χ2v) is 7.74. The molecule has 2 aliphatic heterocycles. The number of benzene rings is 1. The topological polar surface area (TPSA) is 70.4 Å². The van der Waals surface area contributed by atoms with E-state index in [0.717, 1.165) is 45.3 Å². The molecule has 0 aliphatic carbocycles. The molecule has 1 amide bonds. The first-order valence-electron chi connectivity index (χ1n) is 10.1. The van der Waals surface area contributed by atoms with E-state index >= 15 is 0 Å². The maximum atomic E-state index is 13.9. The van der Waals surface area contributed by atoms with Gasteiger partial charge in [-0.3, -0.25) is 9.69 Å². The van der Waals surface area contributed by atoms with Crippen molar-refractivity contribution in [2.24, 2.45) is 5.92 Å². The zero-order valence-corrected chi connectivity index (χ0v) is 18.4. The molecular weight excluding hydrogens is 430 g/mol. The quantitative estimate of drug-likeness (QED) is 0.693. The summed E-state index contributed by atoms with van der Waals surface area (Å²) in [4.78, 5) is 18.8. The molecule has 0 radical (unpaired) electrons. The van der Waals surface area contributed by atoms with Crippen LogP contribution in [-0.2, 0) is 11.3 Å². The van der Waals surface area contributed by atoms with Crippen LogP contribution in [0.3, 0.4) is 0 Å². The van der Waals surface area contributed by atoms with E-state index in [1.54, 1.807) is 24.4 Å². The number of hydrogen-bond acceptors (Lipinski definition) is 5. The lowest BCUT2D eigenvalue weighted by atomic mass is 9.98. The van der Waals surface area contributed by atoms with Gasteiger partial charge in [0.2, 0.25) is 11.8 Å². The van der Waals surface area contributed by atoms with Crippen molar-refractivity contribution >= 4 is 30.7 Å². The van der Waals surface area contributed by atoms with E-state index in [1.807, 2.05) is 0 Å². The molecule has 0 bridgehead atoms. The molecule has 2 fully saturated rings. The third-order valence-corrected chi connectivity index (χ3v) is 5.60. The summed E-state index contributed by atoms with van der Waals surface area (Å²) in [5.41, 5.74) is 0.431. The highest BCUT2D eigenvalue weighted by molar-refractivity contribution is 5.85. The number of aromatic nitrogens is 1. The highest BCUT2D eigenvalue weighted by Crippen LogP contribution is 2.24. The number of oxazole rings is 1. The molecule has 9 heteroatoms. The molecule has 0 spiro atoms. The molecule has 0 saturated carbocycles. The van der Waals surface area contributed by atoms with Crippen LogP contribution in [-0.4, -0.2) is 48.0 Å². The minimum absolute atomic E-state index is 0. The Kier molecular flexibility index (Phi) is 9.55. The summed E-state index contributed by atoms with van der Waals surface area (Å²) in [5.74, 6) is 1.30. The Morgan fingerprint density at radius 3 is 2.87 bits per heavy atom. The van der Waals surface area contributed by atoms with Crippen molar-refractivity contribution in [2.45, 2.75) is 38.3 Å². The van der Waals surface area contributed by atoms with E-state index in [1.165, 1.54) is 6.07 Å². The van der Waals surface area contributed by atoms with Crippen molar-refractivity contribution in [1.29, 1.82) is 0 Å². The van der Waals surface area contributed by atoms with Crippen LogP contribution in [0.25, 0.3) is 11.3 Å². The van der Waals surface area contributed by atoms with E-state index in [0.29, 0.717) is 36.2 Å². The van der Waals surface area contributed by atoms with Crippen LogP contribution in [0.2, 0.25) is 0 Å². The zero-order valence-electron chi connectivity index (χ0n) is 16.8. The fourth-order valence-electron chi connectivity index (χ4n) is 4.10. The Morgan fingerprint density at radius 2 is 2.10 bits per heavy atom. The van der Waals surface area contributed by atoms with Crippen LogP contribution in [0, 0.1) is 11.7 Å². The number of nitrogens with one attached hydrogen (secondary N) is 2. The van der Waals surface area contributed by atoms with Crippen molar-refractivity contribution in [2.75, 3.05) is 26.2 Å². The van der Waals surface area contributed by atoms with Gasteiger partial charge in [0.25, 0.3) is 0 Å². The molecule has 6 nitrogen and oxygen atoms in total. The molecule has 2 aliphatic rings. The summed E-state index contributed by atoms with van der Waals surface area (Å²) in [6.07, 6.45) is 5.78. The molecule has 1 aromatic heterocycles. The Hall–Kier alpha value is -1.67. The molecule has 3 heterocycles. The first-order valence-corrected chi connectivity index (χ1v) is 10.1. The Bertz CT molecular complexity index is 814. The molecule has 2 aromatic rings. The second-order valence-electron chi connectivity index (χ2n) is 7.74. The number of halogens is 3. The third-order valence-electron chi connectivity index (χ3n) is 5.60. The fraction of sp³-hybridized carbons (Fsp3) is 0.524. The first kappa shape index (κ1) is 24.6. The van der Waals surface area contributed by atoms with Gasteiger partial charge in [-0.25, -0.2) is 9.37 Å². The number of likely N-dealkylation sites (tertiary alicyclic amines) is 1. The van der Waals surface area contributed by atoms with E-state index in [4.69, 9.17) is 4.42 Å². The van der Waals surface area contributed by atoms with Gasteiger partial charge in [0.05, 0.1) is 24.3 Å². The van der Waals surface area contributed by atoms with Gasteiger partial charge in [0.15, 0.2) is 5.76 Å². The van der Waals surface area contributed by atoms with Crippen LogP contribution >= 0.6 is 24.8 Å². The van der Waals surface area contributed by atoms with Gasteiger partial charge < -0.3 is 15.1 Å². The second kappa shape index (κ2) is 11.6. The largest absolute Gasteiger partial charge is 0.439 e. The average molecular weight is 459 g/mol. The van der Waals surface area contributed by atoms with Crippen LogP contribution in [0.1, 0.15) is 31.6 Å². The molecule has 2 saturated heterocycles. The van der Waals surface area contributed by atoms with Crippen LogP contribution < -0.4 is 10.6 Å². The normalized spacial score (nSPS) is 21.5. The maximum Gasteiger partial charge on any atom is 0.237 e. The molecule has 2 unspecified atom stereocenters. The lowest BCUT2D eigenvalue weighted by Crippen LogP contribution is -2.45. The molecule has 1 aromatic carbocycles. The minimum atomic E-state index is -0.310. The van der Waals surface area contributed by atoms with Gasteiger partial charge in [-0.05, 0) is 56.8 Å². The van der Waals surface area contributed by atoms with Gasteiger partial charge >= 0.3 is 0 Å². The maximum absolute atomic E-state index is 13.9. The number of carbonyl (C=O) groups excluding carboxylic acids is 1. The Labute approximate surface area is 188 Å². The van der Waals surface area contributed by atoms with Crippen molar-refractivity contribution < 1.29 is 13.6 Å². The van der Waals surface area contributed by atoms with Crippen molar-refractivity contribution in [3.8, 4) is 11.3 Å². The summed E-state index contributed by atoms with van der Waals surface area (Å²) in [6, 6.07) is 6.53. The Morgan fingerprint density at radius 1 is 1.27 bits per heavy atom. The number of amides is 1. The van der Waals surface area contributed by atoms with Crippen LogP contribution in [0.4, 0.5) is 4.39 Å². The predicted molar refractivity (Wildman–Crippen MR) is 118 cm³/mol. The third kappa shape index (κ3) is 6.17. The van der Waals surface area contributed by atoms with Gasteiger partial charge in [-0.2, -0.15) is 0 Å². The van der Waals surface area contributed by atoms with E-state index in [-0.39, 0.29) is 42.6 Å². The molecule has 166 valence electrons. The van der Waals surface area contributed by atoms with Crippen molar-refractivity contribution in [3.05, 3.63) is 42.2 Å². The summed E-state index contributed by atoms with van der Waals surface area (Å²) in [5, 5.41) is 6.34. The lowest BCUT2D eigenvalue weighted by molar-refractivity contribution is -0.123. The van der Waals surface area contributed by atoms with E-state index < -0.39 is 0 Å². The standard InChI is InChI=1S/C21H27FN4O2.2ClH/c22-17-7-2-1-6-16(17)19-12-24-20(28-19)14-26-10-4-5-15(13-26)11-25-21(27)18-8-3-9-23-18;;/h1-2,6-7,12,15,18,23H,3-5,8-11,13-14H2,(H,25,27);2*1H. The fourth-order valence-corrected chi connectivity index (χ4v) is 4.10. The SMILES string of the molecule is Cl.Cl.O=C(NCC1CCCN(Cc2ncc(-c3ccccc3F)o2)C1)C1CCCN1. The van der Waals surface area contributed by atoms with Crippen LogP contribution in [0.5, 0.6) is 0 Å². The number of hydrogen-bond donors (Lipinski definition) is 2. The van der Waals surface area contributed by atoms with Gasteiger partial charge in [0, 0.05) is 13.1 Å². The summed E-state index contributed by atoms with van der Waals surface area (Å²) in [7, 11) is 0. The smallest absolute Gasteiger partial charge is 0.237 e. The average Bonchev–Trinajstić information content (AvgIpc) is 3.39. The van der Waals surface area contributed by atoms with E-state index in [9.17, 15) is 9.18 Å². The number of carbonyl (C=O) groups is 1. The monoisotopic (exact) mass is 458 g/mol. The van der Waals surface area contributed by atoms with Gasteiger partial charge in [0.1, 0.15) is 5.82 Å². The highest BCUT2D eigenvalue weighted by Gasteiger charge is 2.25. The van der Waals surface area contributed by atoms with Crippen LogP contribution in [0.15, 0.2) is 34.9 Å². The van der Waals surface area contributed by atoms with Gasteiger partial charge in [-0.15, -0.1) is 24.8 Å². The van der Waals surface area contributed by atoms with E-state index in [2.05, 4.69) is 20.5 Å². The molecular formula is C21H29Cl2FN4O2. The minimum Gasteiger partial charge on any atom is -0.439 e. The Balaban J connectivity index is 0.00000160. The predicted octanol–water partition coefficient (Wildman–Crippen LogP) is 3.40. The highest BCUT2D eigenvalue weighted by atomic mass is 35.5. The zero-order chi connectivity index (χ0) is 19.3. The number of piperidine rings is 1. The number of nitrogens with zero attached hydrogens (tertiary/aromatic N) is 2. The number of rotatable bonds is 6.